The van der Waals surface area contributed by atoms with Gasteiger partial charge in [-0.15, -0.1) is 0 Å². The molecule has 1 aliphatic rings. The zero-order valence-electron chi connectivity index (χ0n) is 9.74. The van der Waals surface area contributed by atoms with Crippen LogP contribution in [-0.4, -0.2) is 24.7 Å². The molecule has 0 radical (unpaired) electrons. The van der Waals surface area contributed by atoms with E-state index in [-0.39, 0.29) is 18.7 Å². The van der Waals surface area contributed by atoms with Gasteiger partial charge >= 0.3 is 5.97 Å². The van der Waals surface area contributed by atoms with E-state index in [0.717, 1.165) is 6.07 Å². The van der Waals surface area contributed by atoms with E-state index in [1.54, 1.807) is 0 Å². The molecule has 1 heterocycles. The molecular formula is C12H13F2NO3. The first kappa shape index (κ1) is 12.8. The highest BCUT2D eigenvalue weighted by Gasteiger charge is 2.32. The Morgan fingerprint density at radius 3 is 2.78 bits per heavy atom. The summed E-state index contributed by atoms with van der Waals surface area (Å²) in [6.45, 7) is 0.279. The third-order valence-electron chi connectivity index (χ3n) is 3.10. The van der Waals surface area contributed by atoms with Crippen molar-refractivity contribution in [2.24, 2.45) is 5.92 Å². The molecule has 0 aromatic heterocycles. The Bertz CT molecular complexity index is 479. The molecule has 0 bridgehead atoms. The van der Waals surface area contributed by atoms with Crippen molar-refractivity contribution in [2.75, 3.05) is 13.7 Å². The molecule has 4 nitrogen and oxygen atoms in total. The first-order chi connectivity index (χ1) is 8.52. The van der Waals surface area contributed by atoms with Crippen molar-refractivity contribution in [3.8, 4) is 5.75 Å². The topological polar surface area (TPSA) is 58.6 Å². The van der Waals surface area contributed by atoms with Crippen molar-refractivity contribution in [1.82, 2.24) is 5.32 Å². The number of hydrogen-bond donors (Lipinski definition) is 2. The maximum Gasteiger partial charge on any atom is 0.307 e. The van der Waals surface area contributed by atoms with Gasteiger partial charge in [0, 0.05) is 24.2 Å². The lowest BCUT2D eigenvalue weighted by molar-refractivity contribution is -0.141. The minimum Gasteiger partial charge on any atom is -0.493 e. The number of carbonyl (C=O) groups is 1. The van der Waals surface area contributed by atoms with Gasteiger partial charge in [0.05, 0.1) is 13.0 Å². The van der Waals surface area contributed by atoms with Gasteiger partial charge in [0.1, 0.15) is 5.82 Å². The quantitative estimate of drug-likeness (QED) is 0.865. The Morgan fingerprint density at radius 2 is 2.22 bits per heavy atom. The standard InChI is InChI=1S/C12H13F2NO3/c1-18-11-8(3-7(13)4-9(11)14)10-2-6(5-15-10)12(16)17/h3-4,6,10,15H,2,5H2,1H3,(H,16,17). The van der Waals surface area contributed by atoms with E-state index in [0.29, 0.717) is 5.56 Å². The number of aliphatic carboxylic acids is 1. The fraction of sp³-hybridized carbons (Fsp3) is 0.417. The number of rotatable bonds is 3. The predicted molar refractivity (Wildman–Crippen MR) is 59.4 cm³/mol. The van der Waals surface area contributed by atoms with Crippen LogP contribution in [0.1, 0.15) is 18.0 Å². The molecule has 1 fully saturated rings. The largest absolute Gasteiger partial charge is 0.493 e. The highest BCUT2D eigenvalue weighted by atomic mass is 19.1. The molecule has 18 heavy (non-hydrogen) atoms. The Morgan fingerprint density at radius 1 is 1.50 bits per heavy atom. The van der Waals surface area contributed by atoms with Gasteiger partial charge < -0.3 is 15.2 Å². The molecule has 6 heteroatoms. The fourth-order valence-electron chi connectivity index (χ4n) is 2.22. The van der Waals surface area contributed by atoms with Crippen molar-refractivity contribution in [2.45, 2.75) is 12.5 Å². The van der Waals surface area contributed by atoms with Crippen LogP contribution >= 0.6 is 0 Å². The van der Waals surface area contributed by atoms with Crippen LogP contribution in [0, 0.1) is 17.6 Å². The molecular weight excluding hydrogens is 244 g/mol. The van der Waals surface area contributed by atoms with Crippen LogP contribution in [0.3, 0.4) is 0 Å². The summed E-state index contributed by atoms with van der Waals surface area (Å²) in [5.41, 5.74) is 0.318. The molecule has 2 unspecified atom stereocenters. The van der Waals surface area contributed by atoms with E-state index < -0.39 is 29.6 Å². The summed E-state index contributed by atoms with van der Waals surface area (Å²) in [7, 11) is 1.30. The van der Waals surface area contributed by atoms with Crippen LogP contribution in [0.5, 0.6) is 5.75 Å². The molecule has 1 aliphatic heterocycles. The highest BCUT2D eigenvalue weighted by molar-refractivity contribution is 5.71. The number of methoxy groups -OCH3 is 1. The SMILES string of the molecule is COc1c(F)cc(F)cc1C1CC(C(=O)O)CN1. The van der Waals surface area contributed by atoms with Crippen molar-refractivity contribution < 1.29 is 23.4 Å². The van der Waals surface area contributed by atoms with Crippen molar-refractivity contribution in [3.05, 3.63) is 29.3 Å². The summed E-state index contributed by atoms with van der Waals surface area (Å²) in [6, 6.07) is 1.50. The molecule has 1 aromatic carbocycles. The van der Waals surface area contributed by atoms with E-state index in [2.05, 4.69) is 5.32 Å². The Hall–Kier alpha value is -1.69. The van der Waals surface area contributed by atoms with Crippen molar-refractivity contribution in [1.29, 1.82) is 0 Å². The second-order valence-electron chi connectivity index (χ2n) is 4.24. The highest BCUT2D eigenvalue weighted by Crippen LogP contribution is 2.35. The molecule has 1 saturated heterocycles. The second-order valence-corrected chi connectivity index (χ2v) is 4.24. The van der Waals surface area contributed by atoms with Gasteiger partial charge in [-0.1, -0.05) is 0 Å². The maximum absolute atomic E-state index is 13.5. The summed E-state index contributed by atoms with van der Waals surface area (Å²) < 4.78 is 31.6. The Balaban J connectivity index is 2.31. The minimum absolute atomic E-state index is 0.0417. The maximum atomic E-state index is 13.5. The van der Waals surface area contributed by atoms with E-state index >= 15 is 0 Å². The van der Waals surface area contributed by atoms with Gasteiger partial charge in [-0.3, -0.25) is 4.79 Å². The first-order valence-corrected chi connectivity index (χ1v) is 5.52. The number of benzene rings is 1. The van der Waals surface area contributed by atoms with Gasteiger partial charge in [-0.05, 0) is 12.5 Å². The number of carboxylic acid groups (broad SMARTS) is 1. The van der Waals surface area contributed by atoms with E-state index in [1.165, 1.54) is 13.2 Å². The van der Waals surface area contributed by atoms with Crippen molar-refractivity contribution in [3.63, 3.8) is 0 Å². The van der Waals surface area contributed by atoms with Crippen LogP contribution in [0.25, 0.3) is 0 Å². The van der Waals surface area contributed by atoms with Gasteiger partial charge in [-0.25, -0.2) is 8.78 Å². The Labute approximate surface area is 103 Å². The van der Waals surface area contributed by atoms with E-state index in [4.69, 9.17) is 9.84 Å². The summed E-state index contributed by atoms with van der Waals surface area (Å²) >= 11 is 0. The van der Waals surface area contributed by atoms with Crippen LogP contribution in [-0.2, 0) is 4.79 Å². The van der Waals surface area contributed by atoms with E-state index in [1.807, 2.05) is 0 Å². The zero-order chi connectivity index (χ0) is 13.3. The molecule has 0 amide bonds. The summed E-state index contributed by atoms with van der Waals surface area (Å²) in [5.74, 6) is -3.00. The lowest BCUT2D eigenvalue weighted by atomic mass is 9.99. The summed E-state index contributed by atoms with van der Waals surface area (Å²) in [5, 5.41) is 11.8. The van der Waals surface area contributed by atoms with Gasteiger partial charge in [-0.2, -0.15) is 0 Å². The summed E-state index contributed by atoms with van der Waals surface area (Å²) in [6.07, 6.45) is 0.286. The lowest BCUT2D eigenvalue weighted by Crippen LogP contribution is -2.17. The number of hydrogen-bond acceptors (Lipinski definition) is 3. The lowest BCUT2D eigenvalue weighted by Gasteiger charge is -2.15. The third-order valence-corrected chi connectivity index (χ3v) is 3.10. The smallest absolute Gasteiger partial charge is 0.307 e. The normalized spacial score (nSPS) is 23.1. The van der Waals surface area contributed by atoms with Gasteiger partial charge in [0.2, 0.25) is 0 Å². The molecule has 98 valence electrons. The third kappa shape index (κ3) is 2.28. The van der Waals surface area contributed by atoms with Crippen LogP contribution in [0.15, 0.2) is 12.1 Å². The van der Waals surface area contributed by atoms with Gasteiger partial charge in [0.15, 0.2) is 11.6 Å². The molecule has 2 N–H and O–H groups in total. The number of carboxylic acids is 1. The first-order valence-electron chi connectivity index (χ1n) is 5.52. The molecule has 0 saturated carbocycles. The zero-order valence-corrected chi connectivity index (χ0v) is 9.74. The number of ether oxygens (including phenoxy) is 1. The number of halogens is 2. The minimum atomic E-state index is -0.916. The van der Waals surface area contributed by atoms with Crippen LogP contribution < -0.4 is 10.1 Å². The average Bonchev–Trinajstić information content (AvgIpc) is 2.77. The molecule has 1 aromatic rings. The Kier molecular flexibility index (Phi) is 3.47. The monoisotopic (exact) mass is 257 g/mol. The van der Waals surface area contributed by atoms with Crippen molar-refractivity contribution >= 4 is 5.97 Å². The fourth-order valence-corrected chi connectivity index (χ4v) is 2.22. The summed E-state index contributed by atoms with van der Waals surface area (Å²) in [4.78, 5) is 10.8. The molecule has 0 aliphatic carbocycles. The molecule has 0 spiro atoms. The molecule has 2 atom stereocenters. The number of nitrogens with one attached hydrogen (secondary N) is 1. The van der Waals surface area contributed by atoms with Crippen LogP contribution in [0.4, 0.5) is 8.78 Å². The second kappa shape index (κ2) is 4.89. The van der Waals surface area contributed by atoms with Crippen LogP contribution in [0.2, 0.25) is 0 Å². The molecule has 2 rings (SSSR count). The van der Waals surface area contributed by atoms with Gasteiger partial charge in [0.25, 0.3) is 0 Å². The predicted octanol–water partition coefficient (Wildman–Crippen LogP) is 1.71. The average molecular weight is 257 g/mol. The van der Waals surface area contributed by atoms with E-state index in [9.17, 15) is 13.6 Å².